The Morgan fingerprint density at radius 1 is 1.32 bits per heavy atom. The second-order valence-corrected chi connectivity index (χ2v) is 4.97. The van der Waals surface area contributed by atoms with Gasteiger partial charge in [0.25, 0.3) is 5.91 Å². The molecule has 2 aromatic rings. The predicted molar refractivity (Wildman–Crippen MR) is 84.6 cm³/mol. The first kappa shape index (κ1) is 16.0. The molecule has 0 saturated heterocycles. The van der Waals surface area contributed by atoms with Gasteiger partial charge in [-0.15, -0.1) is 0 Å². The number of nitrogens with one attached hydrogen (secondary N) is 1. The first-order valence-electron chi connectivity index (χ1n) is 6.56. The van der Waals surface area contributed by atoms with E-state index in [1.807, 2.05) is 0 Å². The molecule has 0 spiro atoms. The van der Waals surface area contributed by atoms with Gasteiger partial charge in [-0.1, -0.05) is 35.0 Å². The smallest absolute Gasteiger partial charge is 0.267 e. The molecule has 1 N–H and O–H groups in total. The number of carbonyl (C=O) groups is 1. The van der Waals surface area contributed by atoms with Crippen molar-refractivity contribution in [2.24, 2.45) is 5.16 Å². The second-order valence-electron chi connectivity index (χ2n) is 4.54. The van der Waals surface area contributed by atoms with Crippen molar-refractivity contribution >= 4 is 29.4 Å². The highest BCUT2D eigenvalue weighted by Crippen LogP contribution is 2.15. The molecule has 0 aliphatic rings. The Bertz CT molecular complexity index is 691. The number of amides is 1. The molecule has 2 aromatic carbocycles. The lowest BCUT2D eigenvalue weighted by Gasteiger charge is -2.10. The van der Waals surface area contributed by atoms with Crippen LogP contribution in [0.2, 0.25) is 5.02 Å². The van der Waals surface area contributed by atoms with Crippen molar-refractivity contribution in [1.29, 1.82) is 0 Å². The van der Waals surface area contributed by atoms with E-state index in [0.29, 0.717) is 16.3 Å². The molecule has 1 atom stereocenters. The molecule has 2 rings (SSSR count). The number of benzene rings is 2. The minimum absolute atomic E-state index is 0.362. The summed E-state index contributed by atoms with van der Waals surface area (Å²) in [5.41, 5.74) is 1.12. The molecular weight excluding hydrogens is 307 g/mol. The van der Waals surface area contributed by atoms with Gasteiger partial charge in [0, 0.05) is 10.7 Å². The average molecular weight is 321 g/mol. The highest BCUT2D eigenvalue weighted by molar-refractivity contribution is 6.30. The lowest BCUT2D eigenvalue weighted by Crippen LogP contribution is -2.26. The van der Waals surface area contributed by atoms with E-state index in [0.717, 1.165) is 0 Å². The summed E-state index contributed by atoms with van der Waals surface area (Å²) in [6, 6.07) is 12.7. The van der Waals surface area contributed by atoms with Crippen molar-refractivity contribution in [3.8, 4) is 0 Å². The number of hydrogen-bond donors (Lipinski definition) is 1. The van der Waals surface area contributed by atoms with Crippen LogP contribution in [0, 0.1) is 5.82 Å². The maximum absolute atomic E-state index is 13.0. The zero-order valence-corrected chi connectivity index (χ0v) is 12.5. The molecule has 114 valence electrons. The van der Waals surface area contributed by atoms with Crippen LogP contribution in [0.3, 0.4) is 0 Å². The Morgan fingerprint density at radius 3 is 2.82 bits per heavy atom. The molecule has 0 bridgehead atoms. The van der Waals surface area contributed by atoms with E-state index in [2.05, 4.69) is 10.5 Å². The standard InChI is InChI=1S/C16H14ClFN2O2/c1-11(16(21)20-15-7-3-5-13(17)9-15)22-19-10-12-4-2-6-14(18)8-12/h2-11H,1H3,(H,20,21)/b19-10-/t11-/m1/s1. The molecule has 1 amide bonds. The summed E-state index contributed by atoms with van der Waals surface area (Å²) >= 11 is 5.84. The van der Waals surface area contributed by atoms with Gasteiger partial charge in [-0.05, 0) is 42.8 Å². The van der Waals surface area contributed by atoms with Crippen molar-refractivity contribution < 1.29 is 14.0 Å². The summed E-state index contributed by atoms with van der Waals surface area (Å²) in [5.74, 6) is -0.727. The fraction of sp³-hybridized carbons (Fsp3) is 0.125. The second kappa shape index (κ2) is 7.56. The van der Waals surface area contributed by atoms with Crippen molar-refractivity contribution in [2.75, 3.05) is 5.32 Å². The van der Waals surface area contributed by atoms with Gasteiger partial charge in [-0.25, -0.2) is 4.39 Å². The van der Waals surface area contributed by atoms with Crippen LogP contribution in [0.1, 0.15) is 12.5 Å². The number of halogens is 2. The lowest BCUT2D eigenvalue weighted by atomic mass is 10.2. The molecular formula is C16H14ClFN2O2. The van der Waals surface area contributed by atoms with E-state index in [1.54, 1.807) is 43.3 Å². The van der Waals surface area contributed by atoms with Crippen LogP contribution in [0.25, 0.3) is 0 Å². The summed E-state index contributed by atoms with van der Waals surface area (Å²) < 4.78 is 13.0. The third-order valence-corrected chi connectivity index (χ3v) is 2.97. The Kier molecular flexibility index (Phi) is 5.49. The number of nitrogens with zero attached hydrogens (tertiary/aromatic N) is 1. The van der Waals surface area contributed by atoms with Crippen LogP contribution in [-0.2, 0) is 9.63 Å². The minimum atomic E-state index is -0.802. The molecule has 0 aliphatic carbocycles. The molecule has 0 fully saturated rings. The van der Waals surface area contributed by atoms with Gasteiger partial charge in [0.15, 0.2) is 0 Å². The molecule has 0 unspecified atom stereocenters. The van der Waals surface area contributed by atoms with Crippen molar-refractivity contribution in [3.63, 3.8) is 0 Å². The molecule has 0 aliphatic heterocycles. The summed E-state index contributed by atoms with van der Waals surface area (Å²) in [7, 11) is 0. The number of anilines is 1. The lowest BCUT2D eigenvalue weighted by molar-refractivity contribution is -0.126. The van der Waals surface area contributed by atoms with Gasteiger partial charge < -0.3 is 10.2 Å². The van der Waals surface area contributed by atoms with Crippen LogP contribution in [-0.4, -0.2) is 18.2 Å². The fourth-order valence-electron chi connectivity index (χ4n) is 1.63. The van der Waals surface area contributed by atoms with Crippen LogP contribution >= 0.6 is 11.6 Å². The maximum atomic E-state index is 13.0. The third-order valence-electron chi connectivity index (χ3n) is 2.73. The van der Waals surface area contributed by atoms with E-state index in [9.17, 15) is 9.18 Å². The summed E-state index contributed by atoms with van der Waals surface area (Å²) in [6.45, 7) is 1.56. The minimum Gasteiger partial charge on any atom is -0.383 e. The highest BCUT2D eigenvalue weighted by atomic mass is 35.5. The number of oxime groups is 1. The molecule has 22 heavy (non-hydrogen) atoms. The number of hydrogen-bond acceptors (Lipinski definition) is 3. The SMILES string of the molecule is C[C@@H](O/N=C\c1cccc(F)c1)C(=O)Nc1cccc(Cl)c1. The molecule has 4 nitrogen and oxygen atoms in total. The molecule has 0 radical (unpaired) electrons. The Hall–Kier alpha value is -2.40. The van der Waals surface area contributed by atoms with Gasteiger partial charge in [-0.3, -0.25) is 4.79 Å². The van der Waals surface area contributed by atoms with E-state index >= 15 is 0 Å². The average Bonchev–Trinajstić information content (AvgIpc) is 2.47. The predicted octanol–water partition coefficient (Wildman–Crippen LogP) is 3.86. The maximum Gasteiger partial charge on any atom is 0.267 e. The van der Waals surface area contributed by atoms with E-state index in [1.165, 1.54) is 18.3 Å². The topological polar surface area (TPSA) is 50.7 Å². The van der Waals surface area contributed by atoms with Crippen LogP contribution in [0.4, 0.5) is 10.1 Å². The zero-order chi connectivity index (χ0) is 15.9. The molecule has 0 saturated carbocycles. The van der Waals surface area contributed by atoms with Gasteiger partial charge in [0.05, 0.1) is 6.21 Å². The molecule has 0 aromatic heterocycles. The van der Waals surface area contributed by atoms with Gasteiger partial charge in [-0.2, -0.15) is 0 Å². The normalized spacial score (nSPS) is 12.1. The van der Waals surface area contributed by atoms with Crippen LogP contribution in [0.15, 0.2) is 53.7 Å². The van der Waals surface area contributed by atoms with Gasteiger partial charge in [0.1, 0.15) is 5.82 Å². The van der Waals surface area contributed by atoms with Crippen molar-refractivity contribution in [3.05, 3.63) is 64.9 Å². The van der Waals surface area contributed by atoms with E-state index < -0.39 is 6.10 Å². The first-order chi connectivity index (χ1) is 10.5. The van der Waals surface area contributed by atoms with Crippen molar-refractivity contribution in [1.82, 2.24) is 0 Å². The Balaban J connectivity index is 1.89. The zero-order valence-electron chi connectivity index (χ0n) is 11.8. The van der Waals surface area contributed by atoms with E-state index in [-0.39, 0.29) is 11.7 Å². The Morgan fingerprint density at radius 2 is 2.09 bits per heavy atom. The van der Waals surface area contributed by atoms with Gasteiger partial charge >= 0.3 is 0 Å². The quantitative estimate of drug-likeness (QED) is 0.672. The largest absolute Gasteiger partial charge is 0.383 e. The summed E-state index contributed by atoms with van der Waals surface area (Å²) in [4.78, 5) is 17.0. The van der Waals surface area contributed by atoms with Gasteiger partial charge in [0.2, 0.25) is 6.10 Å². The third kappa shape index (κ3) is 4.86. The molecule has 6 heteroatoms. The number of carbonyl (C=O) groups excluding carboxylic acids is 1. The first-order valence-corrected chi connectivity index (χ1v) is 6.93. The summed E-state index contributed by atoms with van der Waals surface area (Å²) in [6.07, 6.45) is 0.537. The van der Waals surface area contributed by atoms with Crippen LogP contribution in [0.5, 0.6) is 0 Å². The number of rotatable bonds is 5. The fourth-order valence-corrected chi connectivity index (χ4v) is 1.82. The monoisotopic (exact) mass is 320 g/mol. The van der Waals surface area contributed by atoms with Crippen LogP contribution < -0.4 is 5.32 Å². The summed E-state index contributed by atoms with van der Waals surface area (Å²) in [5, 5.41) is 6.87. The molecule has 0 heterocycles. The van der Waals surface area contributed by atoms with E-state index in [4.69, 9.17) is 16.4 Å². The highest BCUT2D eigenvalue weighted by Gasteiger charge is 2.14. The Labute approximate surface area is 132 Å². The van der Waals surface area contributed by atoms with Crippen molar-refractivity contribution in [2.45, 2.75) is 13.0 Å².